The first-order chi connectivity index (χ1) is 10.2. The first kappa shape index (κ1) is 17.1. The molecule has 1 N–H and O–H groups in total. The molecule has 6 heteroatoms. The zero-order valence-corrected chi connectivity index (χ0v) is 15.1. The lowest BCUT2D eigenvalue weighted by Crippen LogP contribution is -2.41. The number of likely N-dealkylation sites (tertiary alicyclic amines) is 1. The van der Waals surface area contributed by atoms with Crippen LogP contribution in [-0.2, 0) is 4.79 Å². The van der Waals surface area contributed by atoms with E-state index in [4.69, 9.17) is 0 Å². The molecular formula is C16H23BrN2O3. The quantitative estimate of drug-likeness (QED) is 0.882. The summed E-state index contributed by atoms with van der Waals surface area (Å²) in [6.45, 7) is 8.63. The number of carboxylic acids is 1. The molecule has 1 atom stereocenters. The number of carboxylic acid groups (broad SMARTS) is 1. The summed E-state index contributed by atoms with van der Waals surface area (Å²) in [5, 5.41) is 9.60. The van der Waals surface area contributed by atoms with Crippen LogP contribution in [0.4, 0.5) is 0 Å². The van der Waals surface area contributed by atoms with Gasteiger partial charge in [0.2, 0.25) is 0 Å². The van der Waals surface area contributed by atoms with Crippen molar-refractivity contribution in [2.75, 3.05) is 13.1 Å². The summed E-state index contributed by atoms with van der Waals surface area (Å²) in [7, 11) is 0. The second-order valence-electron chi connectivity index (χ2n) is 6.64. The molecule has 0 spiro atoms. The predicted octanol–water partition coefficient (Wildman–Crippen LogP) is 3.40. The highest BCUT2D eigenvalue weighted by Gasteiger charge is 2.48. The van der Waals surface area contributed by atoms with Crippen molar-refractivity contribution in [3.05, 3.63) is 22.4 Å². The van der Waals surface area contributed by atoms with Crippen molar-refractivity contribution < 1.29 is 14.7 Å². The minimum absolute atomic E-state index is 0.00794. The van der Waals surface area contributed by atoms with E-state index in [0.717, 1.165) is 4.47 Å². The van der Waals surface area contributed by atoms with Gasteiger partial charge in [-0.05, 0) is 48.2 Å². The van der Waals surface area contributed by atoms with Gasteiger partial charge in [-0.25, -0.2) is 0 Å². The van der Waals surface area contributed by atoms with E-state index in [-0.39, 0.29) is 24.4 Å². The summed E-state index contributed by atoms with van der Waals surface area (Å²) in [6, 6.07) is 1.97. The molecule has 1 saturated heterocycles. The van der Waals surface area contributed by atoms with Crippen molar-refractivity contribution in [2.45, 2.75) is 40.2 Å². The van der Waals surface area contributed by atoms with Crippen molar-refractivity contribution in [2.24, 2.45) is 11.3 Å². The number of aromatic nitrogens is 1. The van der Waals surface area contributed by atoms with E-state index in [1.165, 1.54) is 0 Å². The minimum Gasteiger partial charge on any atom is -0.481 e. The third-order valence-corrected chi connectivity index (χ3v) is 5.14. The summed E-state index contributed by atoms with van der Waals surface area (Å²) < 4.78 is 2.78. The fraction of sp³-hybridized carbons (Fsp3) is 0.625. The van der Waals surface area contributed by atoms with Crippen LogP contribution in [0, 0.1) is 11.3 Å². The Morgan fingerprint density at radius 1 is 1.32 bits per heavy atom. The van der Waals surface area contributed by atoms with Crippen LogP contribution in [0.15, 0.2) is 16.7 Å². The molecule has 2 heterocycles. The molecule has 0 aromatic carbocycles. The molecule has 5 nitrogen and oxygen atoms in total. The van der Waals surface area contributed by atoms with Gasteiger partial charge in [0.25, 0.3) is 5.91 Å². The standard InChI is InChI=1S/C16H23BrN2O3/c1-10(2)16(15(21)22)5-6-18(9-16)14(20)13-7-12(17)8-19(13)11(3)4/h7-8,10-11H,5-6,9H2,1-4H3,(H,21,22). The van der Waals surface area contributed by atoms with Crippen LogP contribution in [-0.4, -0.2) is 39.5 Å². The maximum Gasteiger partial charge on any atom is 0.311 e. The van der Waals surface area contributed by atoms with E-state index in [1.807, 2.05) is 38.5 Å². The molecule has 1 aliphatic heterocycles. The molecular weight excluding hydrogens is 348 g/mol. The average Bonchev–Trinajstić information content (AvgIpc) is 3.02. The highest BCUT2D eigenvalue weighted by Crippen LogP contribution is 2.39. The van der Waals surface area contributed by atoms with Crippen LogP contribution in [0.25, 0.3) is 0 Å². The third kappa shape index (κ3) is 2.81. The number of halogens is 1. The Balaban J connectivity index is 2.28. The Hall–Kier alpha value is -1.30. The Kier molecular flexibility index (Phi) is 4.70. The van der Waals surface area contributed by atoms with Gasteiger partial charge in [0, 0.05) is 29.8 Å². The van der Waals surface area contributed by atoms with Crippen LogP contribution in [0.3, 0.4) is 0 Å². The fourth-order valence-electron chi connectivity index (χ4n) is 3.11. The highest BCUT2D eigenvalue weighted by atomic mass is 79.9. The van der Waals surface area contributed by atoms with E-state index in [1.54, 1.807) is 11.0 Å². The zero-order chi connectivity index (χ0) is 16.7. The van der Waals surface area contributed by atoms with E-state index in [0.29, 0.717) is 18.7 Å². The predicted molar refractivity (Wildman–Crippen MR) is 87.9 cm³/mol. The Labute approximate surface area is 139 Å². The maximum atomic E-state index is 12.8. The number of hydrogen-bond donors (Lipinski definition) is 1. The van der Waals surface area contributed by atoms with E-state index in [9.17, 15) is 14.7 Å². The summed E-state index contributed by atoms with van der Waals surface area (Å²) in [5.41, 5.74) is -0.228. The van der Waals surface area contributed by atoms with Crippen LogP contribution >= 0.6 is 15.9 Å². The number of amides is 1. The largest absolute Gasteiger partial charge is 0.481 e. The highest BCUT2D eigenvalue weighted by molar-refractivity contribution is 9.10. The van der Waals surface area contributed by atoms with Gasteiger partial charge in [-0.3, -0.25) is 9.59 Å². The van der Waals surface area contributed by atoms with Crippen molar-refractivity contribution in [1.82, 2.24) is 9.47 Å². The van der Waals surface area contributed by atoms with Crippen LogP contribution in [0.1, 0.15) is 50.6 Å². The monoisotopic (exact) mass is 370 g/mol. The van der Waals surface area contributed by atoms with Crippen molar-refractivity contribution in [1.29, 1.82) is 0 Å². The molecule has 1 aliphatic rings. The van der Waals surface area contributed by atoms with Crippen molar-refractivity contribution in [3.8, 4) is 0 Å². The zero-order valence-electron chi connectivity index (χ0n) is 13.5. The van der Waals surface area contributed by atoms with Gasteiger partial charge in [0.15, 0.2) is 0 Å². The summed E-state index contributed by atoms with van der Waals surface area (Å²) in [6.07, 6.45) is 2.40. The third-order valence-electron chi connectivity index (χ3n) is 4.71. The van der Waals surface area contributed by atoms with Gasteiger partial charge < -0.3 is 14.6 Å². The van der Waals surface area contributed by atoms with Crippen LogP contribution in [0.2, 0.25) is 0 Å². The van der Waals surface area contributed by atoms with E-state index < -0.39 is 11.4 Å². The second-order valence-corrected chi connectivity index (χ2v) is 7.55. The SMILES string of the molecule is CC(C)n1cc(Br)cc1C(=O)N1CCC(C(=O)O)(C(C)C)C1. The Morgan fingerprint density at radius 2 is 1.95 bits per heavy atom. The average molecular weight is 371 g/mol. The molecule has 0 bridgehead atoms. The maximum absolute atomic E-state index is 12.8. The number of carbonyl (C=O) groups is 2. The van der Waals surface area contributed by atoms with Gasteiger partial charge in [0.1, 0.15) is 5.69 Å². The smallest absolute Gasteiger partial charge is 0.311 e. The minimum atomic E-state index is -0.831. The van der Waals surface area contributed by atoms with Gasteiger partial charge in [-0.1, -0.05) is 13.8 Å². The topological polar surface area (TPSA) is 62.5 Å². The van der Waals surface area contributed by atoms with E-state index in [2.05, 4.69) is 15.9 Å². The Morgan fingerprint density at radius 3 is 2.41 bits per heavy atom. The number of nitrogens with zero attached hydrogens (tertiary/aromatic N) is 2. The van der Waals surface area contributed by atoms with E-state index >= 15 is 0 Å². The van der Waals surface area contributed by atoms with Gasteiger partial charge in [0.05, 0.1) is 5.41 Å². The second kappa shape index (κ2) is 6.07. The molecule has 1 fully saturated rings. The lowest BCUT2D eigenvalue weighted by atomic mass is 9.76. The fourth-order valence-corrected chi connectivity index (χ4v) is 3.54. The molecule has 0 radical (unpaired) electrons. The van der Waals surface area contributed by atoms with Gasteiger partial charge in [-0.2, -0.15) is 0 Å². The molecule has 0 saturated carbocycles. The molecule has 1 unspecified atom stereocenters. The van der Waals surface area contributed by atoms with Crippen LogP contribution < -0.4 is 0 Å². The van der Waals surface area contributed by atoms with Crippen molar-refractivity contribution in [3.63, 3.8) is 0 Å². The first-order valence-corrected chi connectivity index (χ1v) is 8.38. The first-order valence-electron chi connectivity index (χ1n) is 7.59. The summed E-state index contributed by atoms with van der Waals surface area (Å²) >= 11 is 3.41. The van der Waals surface area contributed by atoms with Crippen LogP contribution in [0.5, 0.6) is 0 Å². The number of carbonyl (C=O) groups excluding carboxylic acids is 1. The summed E-state index contributed by atoms with van der Waals surface area (Å²) in [4.78, 5) is 26.2. The lowest BCUT2D eigenvalue weighted by Gasteiger charge is -2.28. The van der Waals surface area contributed by atoms with Gasteiger partial charge in [-0.15, -0.1) is 0 Å². The normalized spacial score (nSPS) is 21.9. The Bertz CT molecular complexity index is 594. The summed E-state index contributed by atoms with van der Waals surface area (Å²) in [5.74, 6) is -0.909. The van der Waals surface area contributed by atoms with Gasteiger partial charge >= 0.3 is 5.97 Å². The molecule has 0 aliphatic carbocycles. The molecule has 1 aromatic rings. The lowest BCUT2D eigenvalue weighted by molar-refractivity contribution is -0.150. The molecule has 1 aromatic heterocycles. The number of aliphatic carboxylic acids is 1. The number of rotatable bonds is 4. The molecule has 1 amide bonds. The molecule has 2 rings (SSSR count). The molecule has 22 heavy (non-hydrogen) atoms. The van der Waals surface area contributed by atoms with Crippen molar-refractivity contribution >= 4 is 27.8 Å². The number of hydrogen-bond acceptors (Lipinski definition) is 2. The molecule has 122 valence electrons.